The summed E-state index contributed by atoms with van der Waals surface area (Å²) in [7, 11) is 0. The summed E-state index contributed by atoms with van der Waals surface area (Å²) in [6.45, 7) is 3.45. The van der Waals surface area contributed by atoms with Crippen LogP contribution in [0.1, 0.15) is 42.5 Å². The number of nitrogens with zero attached hydrogens (tertiary/aromatic N) is 1. The molecule has 0 bridgehead atoms. The predicted octanol–water partition coefficient (Wildman–Crippen LogP) is 4.12. The second kappa shape index (κ2) is 5.94. The number of fused-ring (bicyclic) bond motifs is 3. The number of aryl methyl sites for hydroxylation is 1. The minimum absolute atomic E-state index is 0.0965. The van der Waals surface area contributed by atoms with Gasteiger partial charge in [0.05, 0.1) is 5.56 Å². The Hall–Kier alpha value is -2.34. The van der Waals surface area contributed by atoms with Gasteiger partial charge in [0, 0.05) is 23.6 Å². The Kier molecular flexibility index (Phi) is 3.76. The van der Waals surface area contributed by atoms with E-state index in [0.29, 0.717) is 5.75 Å². The van der Waals surface area contributed by atoms with Crippen molar-refractivity contribution in [3.05, 3.63) is 40.3 Å². The number of amidine groups is 1. The molecule has 1 aliphatic heterocycles. The molecular weight excluding hydrogens is 322 g/mol. The molecule has 124 valence electrons. The molecule has 2 aromatic rings. The third-order valence-electron chi connectivity index (χ3n) is 4.22. The van der Waals surface area contributed by atoms with Gasteiger partial charge in [0.25, 0.3) is 0 Å². The molecule has 1 atom stereocenters. The lowest BCUT2D eigenvalue weighted by Gasteiger charge is -2.23. The maximum atomic E-state index is 11.2. The number of rotatable bonds is 3. The Labute approximate surface area is 144 Å². The Balaban J connectivity index is 1.65. The molecule has 1 amide bonds. The second-order valence-electron chi connectivity index (χ2n) is 6.12. The highest BCUT2D eigenvalue weighted by molar-refractivity contribution is 7.16. The van der Waals surface area contributed by atoms with Gasteiger partial charge in [0.2, 0.25) is 12.1 Å². The van der Waals surface area contributed by atoms with E-state index < -0.39 is 0 Å². The van der Waals surface area contributed by atoms with Gasteiger partial charge in [-0.25, -0.2) is 4.99 Å². The molecule has 2 aliphatic rings. The van der Waals surface area contributed by atoms with Gasteiger partial charge in [-0.15, -0.1) is 11.3 Å². The molecule has 1 aromatic heterocycles. The maximum absolute atomic E-state index is 11.2. The monoisotopic (exact) mass is 341 g/mol. The first-order valence-electron chi connectivity index (χ1n) is 8.10. The fourth-order valence-corrected chi connectivity index (χ4v) is 4.65. The van der Waals surface area contributed by atoms with Gasteiger partial charge in [-0.05, 0) is 43.9 Å². The summed E-state index contributed by atoms with van der Waals surface area (Å²) in [4.78, 5) is 17.4. The maximum Gasteiger partial charge on any atom is 0.221 e. The zero-order valence-corrected chi connectivity index (χ0v) is 14.5. The highest BCUT2D eigenvalue weighted by Crippen LogP contribution is 2.45. The van der Waals surface area contributed by atoms with Gasteiger partial charge < -0.3 is 15.4 Å². The number of carbonyl (C=O) groups is 1. The summed E-state index contributed by atoms with van der Waals surface area (Å²) in [5.74, 6) is 1.47. The van der Waals surface area contributed by atoms with Crippen LogP contribution in [0.15, 0.2) is 29.3 Å². The van der Waals surface area contributed by atoms with Gasteiger partial charge in [0.1, 0.15) is 16.6 Å². The largest absolute Gasteiger partial charge is 0.464 e. The van der Waals surface area contributed by atoms with Crippen molar-refractivity contribution in [1.82, 2.24) is 0 Å². The quantitative estimate of drug-likeness (QED) is 0.883. The molecule has 6 heteroatoms. The Morgan fingerprint density at radius 2 is 2.29 bits per heavy atom. The second-order valence-corrected chi connectivity index (χ2v) is 7.22. The number of anilines is 2. The minimum atomic E-state index is -0.327. The van der Waals surface area contributed by atoms with Crippen molar-refractivity contribution >= 4 is 33.8 Å². The molecule has 1 unspecified atom stereocenters. The first kappa shape index (κ1) is 15.2. The van der Waals surface area contributed by atoms with E-state index in [4.69, 9.17) is 4.74 Å². The van der Waals surface area contributed by atoms with Crippen LogP contribution in [-0.2, 0) is 17.6 Å². The molecule has 0 saturated heterocycles. The van der Waals surface area contributed by atoms with E-state index >= 15 is 0 Å². The number of amides is 1. The zero-order chi connectivity index (χ0) is 16.7. The molecule has 2 N–H and O–H groups in total. The van der Waals surface area contributed by atoms with Crippen molar-refractivity contribution in [2.45, 2.75) is 39.3 Å². The number of ether oxygens (including phenoxy) is 1. The highest BCUT2D eigenvalue weighted by atomic mass is 32.1. The van der Waals surface area contributed by atoms with Crippen molar-refractivity contribution in [3.8, 4) is 5.75 Å². The minimum Gasteiger partial charge on any atom is -0.464 e. The standard InChI is InChI=1S/C18H19N3O2S/c1-10-19-17(16-14-7-4-8-15(14)24-18(16)20-10)23-13-6-3-5-12(9-13)21-11(2)22/h3,5-6,9,17H,4,7-8H2,1-2H3,(H,19,20)(H,21,22). The number of hydrogen-bond acceptors (Lipinski definition) is 5. The Morgan fingerprint density at radius 3 is 3.12 bits per heavy atom. The Morgan fingerprint density at radius 1 is 1.42 bits per heavy atom. The zero-order valence-electron chi connectivity index (χ0n) is 13.7. The summed E-state index contributed by atoms with van der Waals surface area (Å²) >= 11 is 1.83. The van der Waals surface area contributed by atoms with Crippen LogP contribution in [0.3, 0.4) is 0 Å². The lowest BCUT2D eigenvalue weighted by Crippen LogP contribution is -2.20. The predicted molar refractivity (Wildman–Crippen MR) is 97.2 cm³/mol. The summed E-state index contributed by atoms with van der Waals surface area (Å²) in [6, 6.07) is 7.45. The van der Waals surface area contributed by atoms with E-state index in [1.165, 1.54) is 29.3 Å². The average Bonchev–Trinajstić information content (AvgIpc) is 3.06. The van der Waals surface area contributed by atoms with Crippen LogP contribution in [0.4, 0.5) is 10.7 Å². The summed E-state index contributed by atoms with van der Waals surface area (Å²) in [6.07, 6.45) is 3.13. The smallest absolute Gasteiger partial charge is 0.221 e. The van der Waals surface area contributed by atoms with Gasteiger partial charge in [0.15, 0.2) is 0 Å². The Bertz CT molecular complexity index is 841. The number of benzene rings is 1. The van der Waals surface area contributed by atoms with Crippen LogP contribution in [0, 0.1) is 0 Å². The van der Waals surface area contributed by atoms with Gasteiger partial charge in [-0.1, -0.05) is 6.07 Å². The fraction of sp³-hybridized carbons (Fsp3) is 0.333. The first-order valence-corrected chi connectivity index (χ1v) is 8.92. The van der Waals surface area contributed by atoms with Crippen LogP contribution in [0.5, 0.6) is 5.75 Å². The number of carbonyl (C=O) groups excluding carboxylic acids is 1. The highest BCUT2D eigenvalue weighted by Gasteiger charge is 2.31. The lowest BCUT2D eigenvalue weighted by molar-refractivity contribution is -0.114. The van der Waals surface area contributed by atoms with Crippen molar-refractivity contribution in [2.24, 2.45) is 4.99 Å². The molecule has 2 heterocycles. The number of aliphatic imine (C=N–C) groups is 1. The van der Waals surface area contributed by atoms with E-state index in [9.17, 15) is 4.79 Å². The van der Waals surface area contributed by atoms with Crippen LogP contribution in [0.2, 0.25) is 0 Å². The summed E-state index contributed by atoms with van der Waals surface area (Å²) < 4.78 is 6.19. The normalized spacial score (nSPS) is 18.2. The van der Waals surface area contributed by atoms with Crippen LogP contribution < -0.4 is 15.4 Å². The third kappa shape index (κ3) is 2.78. The summed E-state index contributed by atoms with van der Waals surface area (Å²) in [5, 5.41) is 7.32. The molecule has 5 nitrogen and oxygen atoms in total. The van der Waals surface area contributed by atoms with Gasteiger partial charge >= 0.3 is 0 Å². The average molecular weight is 341 g/mol. The molecule has 0 spiro atoms. The number of thiophene rings is 1. The van der Waals surface area contributed by atoms with Crippen molar-refractivity contribution in [2.75, 3.05) is 10.6 Å². The van der Waals surface area contributed by atoms with Crippen molar-refractivity contribution in [1.29, 1.82) is 0 Å². The molecule has 0 fully saturated rings. The number of nitrogens with one attached hydrogen (secondary N) is 2. The van der Waals surface area contributed by atoms with E-state index in [0.717, 1.165) is 29.4 Å². The van der Waals surface area contributed by atoms with Crippen molar-refractivity contribution in [3.63, 3.8) is 0 Å². The summed E-state index contributed by atoms with van der Waals surface area (Å²) in [5.41, 5.74) is 3.32. The molecule has 24 heavy (non-hydrogen) atoms. The SMILES string of the molecule is CC(=O)Nc1cccc(OC2N=C(C)Nc3sc4c(c32)CCC4)c1. The van der Waals surface area contributed by atoms with E-state index in [1.807, 2.05) is 42.5 Å². The topological polar surface area (TPSA) is 62.7 Å². The molecule has 4 rings (SSSR count). The van der Waals surface area contributed by atoms with Gasteiger partial charge in [-0.2, -0.15) is 0 Å². The van der Waals surface area contributed by atoms with Gasteiger partial charge in [-0.3, -0.25) is 4.79 Å². The van der Waals surface area contributed by atoms with Crippen LogP contribution in [0.25, 0.3) is 0 Å². The fourth-order valence-electron chi connectivity index (χ4n) is 3.28. The first-order chi connectivity index (χ1) is 11.6. The van der Waals surface area contributed by atoms with Crippen LogP contribution in [-0.4, -0.2) is 11.7 Å². The molecular formula is C18H19N3O2S. The number of hydrogen-bond donors (Lipinski definition) is 2. The van der Waals surface area contributed by atoms with Crippen LogP contribution >= 0.6 is 11.3 Å². The third-order valence-corrected chi connectivity index (χ3v) is 5.44. The molecule has 0 saturated carbocycles. The van der Waals surface area contributed by atoms with E-state index in [-0.39, 0.29) is 12.1 Å². The molecule has 1 aliphatic carbocycles. The van der Waals surface area contributed by atoms with E-state index in [1.54, 1.807) is 0 Å². The van der Waals surface area contributed by atoms with E-state index in [2.05, 4.69) is 15.6 Å². The lowest BCUT2D eigenvalue weighted by atomic mass is 10.1. The molecule has 0 radical (unpaired) electrons. The van der Waals surface area contributed by atoms with Crippen molar-refractivity contribution < 1.29 is 9.53 Å². The molecule has 1 aromatic carbocycles.